The summed E-state index contributed by atoms with van der Waals surface area (Å²) in [4.78, 5) is 20.0. The van der Waals surface area contributed by atoms with Gasteiger partial charge in [-0.05, 0) is 41.1 Å². The van der Waals surface area contributed by atoms with Crippen LogP contribution < -0.4 is 5.56 Å². The van der Waals surface area contributed by atoms with E-state index in [1.807, 2.05) is 0 Å². The molecule has 0 radical (unpaired) electrons. The van der Waals surface area contributed by atoms with Crippen molar-refractivity contribution < 1.29 is 4.74 Å². The Morgan fingerprint density at radius 2 is 2.10 bits per heavy atom. The van der Waals surface area contributed by atoms with E-state index in [0.29, 0.717) is 16.2 Å². The second kappa shape index (κ2) is 5.84. The van der Waals surface area contributed by atoms with E-state index in [1.165, 1.54) is 6.42 Å². The third-order valence-corrected chi connectivity index (χ3v) is 5.09. The maximum atomic E-state index is 12.3. The molecule has 0 aromatic carbocycles. The molecule has 1 saturated carbocycles. The second-order valence-corrected chi connectivity index (χ2v) is 8.02. The van der Waals surface area contributed by atoms with Crippen LogP contribution in [0.1, 0.15) is 64.9 Å². The number of halogens is 1. The Balaban J connectivity index is 2.58. The molecule has 21 heavy (non-hydrogen) atoms. The van der Waals surface area contributed by atoms with E-state index in [4.69, 9.17) is 9.72 Å². The van der Waals surface area contributed by atoms with E-state index in [0.717, 1.165) is 25.0 Å². The first-order chi connectivity index (χ1) is 9.69. The lowest BCUT2D eigenvalue weighted by Crippen LogP contribution is -2.39. The summed E-state index contributed by atoms with van der Waals surface area (Å²) in [7, 11) is 1.72. The minimum atomic E-state index is -0.461. The molecule has 0 saturated heterocycles. The number of aromatic amines is 1. The second-order valence-electron chi connectivity index (χ2n) is 7.23. The molecule has 118 valence electrons. The van der Waals surface area contributed by atoms with Crippen LogP contribution in [0.15, 0.2) is 9.27 Å². The van der Waals surface area contributed by atoms with Crippen LogP contribution in [0.2, 0.25) is 0 Å². The number of hydrogen-bond acceptors (Lipinski definition) is 3. The SMILES string of the molecule is COC1(c2nc(C(C)(C)C)c(Br)c(=O)[nH]2)CCCC(C)C1. The number of nitrogens with zero attached hydrogens (tertiary/aromatic N) is 1. The number of methoxy groups -OCH3 is 1. The van der Waals surface area contributed by atoms with Gasteiger partial charge in [0.1, 0.15) is 15.9 Å². The lowest BCUT2D eigenvalue weighted by molar-refractivity contribution is -0.0650. The Morgan fingerprint density at radius 3 is 2.62 bits per heavy atom. The number of H-pyrrole nitrogens is 1. The lowest BCUT2D eigenvalue weighted by atomic mass is 9.78. The van der Waals surface area contributed by atoms with Gasteiger partial charge in [-0.3, -0.25) is 4.79 Å². The number of nitrogens with one attached hydrogen (secondary N) is 1. The highest BCUT2D eigenvalue weighted by Crippen LogP contribution is 2.41. The summed E-state index contributed by atoms with van der Waals surface area (Å²) in [6.07, 6.45) is 4.11. The fraction of sp³-hybridized carbons (Fsp3) is 0.750. The molecule has 1 aromatic rings. The Labute approximate surface area is 134 Å². The van der Waals surface area contributed by atoms with Crippen LogP contribution in [0.25, 0.3) is 0 Å². The van der Waals surface area contributed by atoms with Gasteiger partial charge in [-0.1, -0.05) is 34.1 Å². The first kappa shape index (κ1) is 16.7. The molecule has 1 heterocycles. The third-order valence-electron chi connectivity index (χ3n) is 4.35. The van der Waals surface area contributed by atoms with E-state index in [1.54, 1.807) is 7.11 Å². The van der Waals surface area contributed by atoms with Gasteiger partial charge in [0.25, 0.3) is 5.56 Å². The average molecular weight is 357 g/mol. The molecule has 2 unspecified atom stereocenters. The summed E-state index contributed by atoms with van der Waals surface area (Å²) in [5, 5.41) is 0. The van der Waals surface area contributed by atoms with Crippen LogP contribution in [0, 0.1) is 5.92 Å². The van der Waals surface area contributed by atoms with Crippen molar-refractivity contribution in [2.75, 3.05) is 7.11 Å². The van der Waals surface area contributed by atoms with E-state index in [-0.39, 0.29) is 11.0 Å². The van der Waals surface area contributed by atoms with Crippen molar-refractivity contribution in [2.45, 2.75) is 64.4 Å². The van der Waals surface area contributed by atoms with Crippen molar-refractivity contribution in [3.8, 4) is 0 Å². The molecule has 0 amide bonds. The minimum absolute atomic E-state index is 0.125. The van der Waals surface area contributed by atoms with Crippen LogP contribution in [-0.2, 0) is 15.8 Å². The summed E-state index contributed by atoms with van der Waals surface area (Å²) in [5.41, 5.74) is 0.00433. The Morgan fingerprint density at radius 1 is 1.43 bits per heavy atom. The monoisotopic (exact) mass is 356 g/mol. The number of aromatic nitrogens is 2. The van der Waals surface area contributed by atoms with E-state index < -0.39 is 5.60 Å². The molecule has 1 aliphatic rings. The molecule has 2 rings (SSSR count). The predicted octanol–water partition coefficient (Wildman–Crippen LogP) is 3.88. The average Bonchev–Trinajstić information content (AvgIpc) is 2.40. The van der Waals surface area contributed by atoms with Gasteiger partial charge in [-0.15, -0.1) is 0 Å². The normalized spacial score (nSPS) is 26.9. The zero-order valence-corrected chi connectivity index (χ0v) is 15.1. The summed E-state index contributed by atoms with van der Waals surface area (Å²) >= 11 is 3.38. The number of hydrogen-bond donors (Lipinski definition) is 1. The molecule has 0 aliphatic heterocycles. The topological polar surface area (TPSA) is 55.0 Å². The maximum absolute atomic E-state index is 12.3. The molecular formula is C16H25BrN2O2. The molecule has 1 fully saturated rings. The van der Waals surface area contributed by atoms with Gasteiger partial charge in [0.05, 0.1) is 5.69 Å². The van der Waals surface area contributed by atoms with Gasteiger partial charge in [-0.2, -0.15) is 0 Å². The quantitative estimate of drug-likeness (QED) is 0.874. The van der Waals surface area contributed by atoms with E-state index >= 15 is 0 Å². The van der Waals surface area contributed by atoms with E-state index in [2.05, 4.69) is 48.6 Å². The predicted molar refractivity (Wildman–Crippen MR) is 87.6 cm³/mol. The highest BCUT2D eigenvalue weighted by Gasteiger charge is 2.40. The molecule has 0 bridgehead atoms. The van der Waals surface area contributed by atoms with Crippen molar-refractivity contribution >= 4 is 15.9 Å². The zero-order valence-electron chi connectivity index (χ0n) is 13.5. The maximum Gasteiger partial charge on any atom is 0.265 e. The third kappa shape index (κ3) is 3.24. The van der Waals surface area contributed by atoms with Gasteiger partial charge >= 0.3 is 0 Å². The minimum Gasteiger partial charge on any atom is -0.370 e. The van der Waals surface area contributed by atoms with Gasteiger partial charge in [0.15, 0.2) is 0 Å². The first-order valence-electron chi connectivity index (χ1n) is 7.55. The molecule has 1 aromatic heterocycles. The molecule has 1 aliphatic carbocycles. The van der Waals surface area contributed by atoms with Crippen LogP contribution in [-0.4, -0.2) is 17.1 Å². The Bertz CT molecular complexity index is 577. The summed E-state index contributed by atoms with van der Waals surface area (Å²) in [6.45, 7) is 8.42. The fourth-order valence-electron chi connectivity index (χ4n) is 3.17. The van der Waals surface area contributed by atoms with Crippen LogP contribution in [0.4, 0.5) is 0 Å². The van der Waals surface area contributed by atoms with Crippen LogP contribution in [0.5, 0.6) is 0 Å². The largest absolute Gasteiger partial charge is 0.370 e. The Kier molecular flexibility index (Phi) is 4.64. The smallest absolute Gasteiger partial charge is 0.265 e. The van der Waals surface area contributed by atoms with Crippen molar-refractivity contribution in [2.24, 2.45) is 5.92 Å². The molecule has 5 heteroatoms. The first-order valence-corrected chi connectivity index (χ1v) is 8.35. The fourth-order valence-corrected chi connectivity index (χ4v) is 3.95. The van der Waals surface area contributed by atoms with Gasteiger partial charge in [0.2, 0.25) is 0 Å². The zero-order chi connectivity index (χ0) is 15.8. The molecular weight excluding hydrogens is 332 g/mol. The van der Waals surface area contributed by atoms with Crippen molar-refractivity contribution in [3.63, 3.8) is 0 Å². The van der Waals surface area contributed by atoms with Gasteiger partial charge in [0, 0.05) is 12.5 Å². The summed E-state index contributed by atoms with van der Waals surface area (Å²) < 4.78 is 6.37. The highest BCUT2D eigenvalue weighted by atomic mass is 79.9. The molecule has 0 spiro atoms. The van der Waals surface area contributed by atoms with Crippen molar-refractivity contribution in [1.29, 1.82) is 0 Å². The lowest BCUT2D eigenvalue weighted by Gasteiger charge is -2.38. The standard InChI is InChI=1S/C16H25BrN2O2/c1-10-7-6-8-16(9-10,21-5)14-18-12(15(2,3)4)11(17)13(20)19-14/h10H,6-9H2,1-5H3,(H,18,19,20). The van der Waals surface area contributed by atoms with Crippen LogP contribution in [0.3, 0.4) is 0 Å². The van der Waals surface area contributed by atoms with Gasteiger partial charge < -0.3 is 9.72 Å². The van der Waals surface area contributed by atoms with Crippen LogP contribution >= 0.6 is 15.9 Å². The van der Waals surface area contributed by atoms with E-state index in [9.17, 15) is 4.79 Å². The number of ether oxygens (including phenoxy) is 1. The summed E-state index contributed by atoms with van der Waals surface area (Å²) in [5.74, 6) is 1.25. The summed E-state index contributed by atoms with van der Waals surface area (Å²) in [6, 6.07) is 0. The Hall–Kier alpha value is -0.680. The highest BCUT2D eigenvalue weighted by molar-refractivity contribution is 9.10. The van der Waals surface area contributed by atoms with Crippen molar-refractivity contribution in [1.82, 2.24) is 9.97 Å². The molecule has 4 nitrogen and oxygen atoms in total. The number of rotatable bonds is 2. The molecule has 2 atom stereocenters. The molecule has 1 N–H and O–H groups in total. The van der Waals surface area contributed by atoms with Crippen molar-refractivity contribution in [3.05, 3.63) is 26.3 Å². The van der Waals surface area contributed by atoms with Gasteiger partial charge in [-0.25, -0.2) is 4.98 Å².